The van der Waals surface area contributed by atoms with Crippen molar-refractivity contribution in [1.82, 2.24) is 0 Å². The number of carbonyl (C=O) groups excluding carboxylic acids is 1. The van der Waals surface area contributed by atoms with Gasteiger partial charge in [-0.05, 0) is 54.1 Å². The quantitative estimate of drug-likeness (QED) is 0.0479. The number of benzene rings is 3. The summed E-state index contributed by atoms with van der Waals surface area (Å²) in [5, 5.41) is 125. The van der Waals surface area contributed by atoms with Crippen LogP contribution in [0.2, 0.25) is 0 Å². The number of carbonyl (C=O) groups is 1. The summed E-state index contributed by atoms with van der Waals surface area (Å²) in [5.74, 6) is -2.05. The molecule has 1 aliphatic carbocycles. The highest BCUT2D eigenvalue weighted by atomic mass is 16.8. The minimum absolute atomic E-state index is 0.00156. The fraction of sp³-hybridized carbons (Fsp3) is 0.429. The predicted molar refractivity (Wildman–Crippen MR) is 211 cm³/mol. The lowest BCUT2D eigenvalue weighted by Crippen LogP contribution is -2.65. The van der Waals surface area contributed by atoms with Crippen molar-refractivity contribution >= 4 is 12.0 Å². The van der Waals surface area contributed by atoms with Crippen molar-refractivity contribution in [2.24, 2.45) is 0 Å². The topological polar surface area (TPSA) is 355 Å². The molecule has 2 aromatic rings. The molecule has 0 bridgehead atoms. The number of aliphatic hydroxyl groups is 10. The maximum Gasteiger partial charge on any atom is 0.330 e. The lowest BCUT2D eigenvalue weighted by atomic mass is 9.97. The average Bonchev–Trinajstić information content (AvgIpc) is 3.28. The van der Waals surface area contributed by atoms with Crippen molar-refractivity contribution in [3.8, 4) is 45.6 Å². The van der Waals surface area contributed by atoms with Crippen LogP contribution in [0.25, 0.3) is 28.7 Å². The van der Waals surface area contributed by atoms with Crippen LogP contribution < -0.4 is 14.9 Å². The van der Waals surface area contributed by atoms with Crippen molar-refractivity contribution in [3.63, 3.8) is 0 Å². The number of hydrogen-bond donors (Lipinski definition) is 12. The van der Waals surface area contributed by atoms with Gasteiger partial charge in [0.05, 0.1) is 18.8 Å². The number of rotatable bonds is 13. The Morgan fingerprint density at radius 2 is 1.16 bits per heavy atom. The van der Waals surface area contributed by atoms with Gasteiger partial charge in [0.15, 0.2) is 29.3 Å². The fourth-order valence-electron chi connectivity index (χ4n) is 7.15. The van der Waals surface area contributed by atoms with Crippen molar-refractivity contribution in [2.75, 3.05) is 19.8 Å². The van der Waals surface area contributed by atoms with Crippen molar-refractivity contribution in [2.45, 2.75) is 92.1 Å². The summed E-state index contributed by atoms with van der Waals surface area (Å²) >= 11 is 0. The Hall–Kier alpha value is -5.28. The van der Waals surface area contributed by atoms with E-state index in [1.165, 1.54) is 60.7 Å². The molecule has 64 heavy (non-hydrogen) atoms. The Bertz CT molecular complexity index is 2240. The van der Waals surface area contributed by atoms with Crippen LogP contribution >= 0.6 is 0 Å². The SMILES string of the molecule is O=C(C=Cc1ccc(O)cc1)OC[C@H]1O[C@@H](Oc2cc3c(O[C@@H]4O[C@H](CO)[C@@H](O)[C@H](O)[C@H]4O)cc(=O)cc-3oc2-c2ccc(O)cc2)[C@H](O[C@@H]2O[C@H](CO)[C@@H](O)[C@H](O)[C@H]2O)[C@@H](O)[C@@H]1O. The van der Waals surface area contributed by atoms with E-state index >= 15 is 0 Å². The number of aliphatic hydroxyl groups excluding tert-OH is 10. The predicted octanol–water partition coefficient (Wildman–Crippen LogP) is -2.73. The first-order valence-corrected chi connectivity index (χ1v) is 19.7. The van der Waals surface area contributed by atoms with E-state index in [4.69, 9.17) is 37.6 Å². The van der Waals surface area contributed by atoms with E-state index in [0.29, 0.717) is 5.56 Å². The second-order valence-electron chi connectivity index (χ2n) is 15.1. The molecule has 12 N–H and O–H groups in total. The number of esters is 1. The maximum absolute atomic E-state index is 13.0. The Labute approximate surface area is 361 Å². The first-order chi connectivity index (χ1) is 30.6. The van der Waals surface area contributed by atoms with Crippen molar-refractivity contribution in [1.29, 1.82) is 0 Å². The monoisotopic (exact) mass is 902 g/mol. The van der Waals surface area contributed by atoms with Gasteiger partial charge in [-0.25, -0.2) is 4.79 Å². The highest BCUT2D eigenvalue weighted by Gasteiger charge is 2.52. The summed E-state index contributed by atoms with van der Waals surface area (Å²) in [6.07, 6.45) is -24.7. The second kappa shape index (κ2) is 19.9. The molecule has 346 valence electrons. The van der Waals surface area contributed by atoms with Crippen LogP contribution in [0.4, 0.5) is 0 Å². The number of aromatic hydroxyl groups is 2. The molecule has 3 fully saturated rings. The molecular weight excluding hydrogens is 856 g/mol. The number of fused-ring (bicyclic) bond motifs is 1. The summed E-state index contributed by atoms with van der Waals surface area (Å²) in [6, 6.07) is 14.5. The van der Waals surface area contributed by atoms with Gasteiger partial charge in [0, 0.05) is 23.8 Å². The zero-order chi connectivity index (χ0) is 46.0. The van der Waals surface area contributed by atoms with Crippen LogP contribution in [-0.4, -0.2) is 179 Å². The lowest BCUT2D eigenvalue weighted by Gasteiger charge is -2.46. The molecule has 0 aromatic heterocycles. The highest BCUT2D eigenvalue weighted by Crippen LogP contribution is 2.43. The van der Waals surface area contributed by atoms with Crippen LogP contribution in [0.1, 0.15) is 5.56 Å². The smallest absolute Gasteiger partial charge is 0.330 e. The normalized spacial score (nSPS) is 33.2. The third-order valence-corrected chi connectivity index (χ3v) is 10.7. The minimum Gasteiger partial charge on any atom is -0.508 e. The zero-order valence-electron chi connectivity index (χ0n) is 33.2. The molecule has 0 unspecified atom stereocenters. The molecule has 0 saturated carbocycles. The van der Waals surface area contributed by atoms with E-state index in [9.17, 15) is 70.9 Å². The molecule has 4 heterocycles. The molecule has 0 radical (unpaired) electrons. The summed E-state index contributed by atoms with van der Waals surface area (Å²) in [4.78, 5) is 25.7. The molecule has 7 rings (SSSR count). The van der Waals surface area contributed by atoms with Gasteiger partial charge in [-0.1, -0.05) is 12.1 Å². The number of phenols is 2. The third kappa shape index (κ3) is 10.00. The van der Waals surface area contributed by atoms with Gasteiger partial charge >= 0.3 is 5.97 Å². The molecule has 22 heteroatoms. The standard InChI is InChI=1S/C42H46O22/c43-14-26-30(49)33(52)36(55)40(61-26)59-24-12-21(47)11-23-22(24)13-25(38(58-23)18-4-8-20(46)9-5-18)60-42-39(64-41-37(56)34(53)31(50)27(15-44)62-41)35(54)32(51)28(63-42)16-57-29(48)10-3-17-1-6-19(45)7-2-17/h1-13,26-28,30-37,39-46,49-56H,14-16H2/t26-,27-,28-,30-,31-,32-,33+,34+,35+,36-,37-,39-,40-,41+,42-/m1/s1. The van der Waals surface area contributed by atoms with Crippen LogP contribution in [0, 0.1) is 0 Å². The molecular formula is C42H46O22. The molecule has 5 aliphatic rings. The summed E-state index contributed by atoms with van der Waals surface area (Å²) in [6.45, 7) is -2.35. The summed E-state index contributed by atoms with van der Waals surface area (Å²) < 4.78 is 46.6. The molecule has 22 nitrogen and oxygen atoms in total. The average molecular weight is 903 g/mol. The van der Waals surface area contributed by atoms with Gasteiger partial charge < -0.3 is 98.9 Å². The first kappa shape index (κ1) is 46.7. The molecule has 0 amide bonds. The zero-order valence-corrected chi connectivity index (χ0v) is 33.2. The number of hydrogen-bond acceptors (Lipinski definition) is 22. The van der Waals surface area contributed by atoms with Crippen LogP contribution in [0.3, 0.4) is 0 Å². The minimum atomic E-state index is -2.04. The summed E-state index contributed by atoms with van der Waals surface area (Å²) in [5.41, 5.74) is -0.0183. The fourth-order valence-corrected chi connectivity index (χ4v) is 7.15. The number of ether oxygens (including phenoxy) is 7. The Morgan fingerprint density at radius 1 is 0.609 bits per heavy atom. The van der Waals surface area contributed by atoms with E-state index in [0.717, 1.165) is 18.2 Å². The molecule has 15 atom stereocenters. The maximum atomic E-state index is 13.0. The van der Waals surface area contributed by atoms with E-state index in [1.807, 2.05) is 0 Å². The van der Waals surface area contributed by atoms with E-state index in [-0.39, 0.29) is 45.6 Å². The van der Waals surface area contributed by atoms with Crippen LogP contribution in [0.5, 0.6) is 23.0 Å². The van der Waals surface area contributed by atoms with Gasteiger partial charge in [0.1, 0.15) is 96.8 Å². The Morgan fingerprint density at radius 3 is 1.78 bits per heavy atom. The third-order valence-electron chi connectivity index (χ3n) is 10.7. The lowest BCUT2D eigenvalue weighted by molar-refractivity contribution is -0.357. The second-order valence-corrected chi connectivity index (χ2v) is 15.1. The van der Waals surface area contributed by atoms with Gasteiger partial charge in [0.2, 0.25) is 12.6 Å². The molecule has 2 aromatic carbocycles. The first-order valence-electron chi connectivity index (χ1n) is 19.7. The molecule has 4 aliphatic heterocycles. The molecule has 0 spiro atoms. The Kier molecular flexibility index (Phi) is 14.5. The van der Waals surface area contributed by atoms with Crippen LogP contribution in [0.15, 0.2) is 82.0 Å². The van der Waals surface area contributed by atoms with E-state index in [1.54, 1.807) is 0 Å². The van der Waals surface area contributed by atoms with Gasteiger partial charge in [0.25, 0.3) is 0 Å². The van der Waals surface area contributed by atoms with E-state index < -0.39 is 123 Å². The van der Waals surface area contributed by atoms with Crippen molar-refractivity contribution < 1.29 is 104 Å². The van der Waals surface area contributed by atoms with Crippen LogP contribution in [-0.2, 0) is 28.5 Å². The number of phenolic OH excluding ortho intramolecular Hbond substituents is 2. The van der Waals surface area contributed by atoms with E-state index in [2.05, 4.69) is 0 Å². The highest BCUT2D eigenvalue weighted by molar-refractivity contribution is 5.87. The van der Waals surface area contributed by atoms with Gasteiger partial charge in [-0.2, -0.15) is 0 Å². The Balaban J connectivity index is 1.26. The molecule has 3 saturated heterocycles. The van der Waals surface area contributed by atoms with Crippen molar-refractivity contribution in [3.05, 3.63) is 88.6 Å². The summed E-state index contributed by atoms with van der Waals surface area (Å²) in [7, 11) is 0. The van der Waals surface area contributed by atoms with Gasteiger partial charge in [-0.3, -0.25) is 4.79 Å². The van der Waals surface area contributed by atoms with Gasteiger partial charge in [-0.15, -0.1) is 0 Å². The largest absolute Gasteiger partial charge is 0.508 e.